The zero-order valence-corrected chi connectivity index (χ0v) is 14.9. The summed E-state index contributed by atoms with van der Waals surface area (Å²) in [6.07, 6.45) is 3.65. The molecule has 136 valence electrons. The van der Waals surface area contributed by atoms with E-state index in [1.807, 2.05) is 17.2 Å². The highest BCUT2D eigenvalue weighted by Gasteiger charge is 2.21. The molecule has 1 aliphatic heterocycles. The number of carbonyl (C=O) groups excluding carboxylic acids is 2. The number of benzene rings is 1. The summed E-state index contributed by atoms with van der Waals surface area (Å²) in [7, 11) is 0. The lowest BCUT2D eigenvalue weighted by molar-refractivity contribution is -0.135. The molecule has 0 unspecified atom stereocenters. The van der Waals surface area contributed by atoms with Crippen molar-refractivity contribution in [2.75, 3.05) is 32.8 Å². The second-order valence-electron chi connectivity index (χ2n) is 6.39. The molecule has 3 rings (SSSR count). The highest BCUT2D eigenvalue weighted by molar-refractivity contribution is 5.94. The van der Waals surface area contributed by atoms with Crippen LogP contribution >= 0.6 is 0 Å². The maximum atomic E-state index is 12.3. The summed E-state index contributed by atoms with van der Waals surface area (Å²) in [6.45, 7) is 5.48. The molecule has 0 atom stereocenters. The van der Waals surface area contributed by atoms with Gasteiger partial charge in [0.05, 0.1) is 0 Å². The molecule has 0 bridgehead atoms. The van der Waals surface area contributed by atoms with Crippen LogP contribution in [0.25, 0.3) is 0 Å². The van der Waals surface area contributed by atoms with Crippen LogP contribution in [0.5, 0.6) is 5.75 Å². The number of ketones is 1. The van der Waals surface area contributed by atoms with Crippen molar-refractivity contribution < 1.29 is 14.3 Å². The molecular weight excluding hydrogens is 330 g/mol. The van der Waals surface area contributed by atoms with Crippen LogP contribution in [0.15, 0.2) is 48.8 Å². The predicted molar refractivity (Wildman–Crippen MR) is 98.0 cm³/mol. The minimum atomic E-state index is -0.0123. The highest BCUT2D eigenvalue weighted by Crippen LogP contribution is 2.13. The van der Waals surface area contributed by atoms with Crippen LogP contribution in [-0.2, 0) is 11.3 Å². The van der Waals surface area contributed by atoms with Gasteiger partial charge >= 0.3 is 0 Å². The zero-order valence-electron chi connectivity index (χ0n) is 14.9. The number of pyridine rings is 1. The van der Waals surface area contributed by atoms with E-state index in [9.17, 15) is 9.59 Å². The third-order valence-electron chi connectivity index (χ3n) is 4.48. The topological polar surface area (TPSA) is 62.7 Å². The van der Waals surface area contributed by atoms with E-state index in [1.54, 1.807) is 30.5 Å². The molecule has 6 heteroatoms. The Balaban J connectivity index is 1.42. The van der Waals surface area contributed by atoms with E-state index in [4.69, 9.17) is 4.74 Å². The number of piperazine rings is 1. The van der Waals surface area contributed by atoms with Crippen LogP contribution in [0.1, 0.15) is 22.8 Å². The van der Waals surface area contributed by atoms with Gasteiger partial charge in [0.15, 0.2) is 12.4 Å². The first kappa shape index (κ1) is 18.1. The molecule has 0 aliphatic carbocycles. The van der Waals surface area contributed by atoms with Crippen molar-refractivity contribution in [1.29, 1.82) is 0 Å². The molecule has 0 radical (unpaired) electrons. The van der Waals surface area contributed by atoms with Gasteiger partial charge in [0.25, 0.3) is 5.91 Å². The largest absolute Gasteiger partial charge is 0.484 e. The van der Waals surface area contributed by atoms with E-state index in [2.05, 4.69) is 16.0 Å². The van der Waals surface area contributed by atoms with E-state index in [0.717, 1.165) is 19.6 Å². The lowest BCUT2D eigenvalue weighted by atomic mass is 10.1. The number of amides is 1. The van der Waals surface area contributed by atoms with Gasteiger partial charge in [-0.25, -0.2) is 0 Å². The molecule has 0 N–H and O–H groups in total. The lowest BCUT2D eigenvalue weighted by Gasteiger charge is -2.34. The van der Waals surface area contributed by atoms with Crippen molar-refractivity contribution in [3.8, 4) is 5.75 Å². The van der Waals surface area contributed by atoms with Gasteiger partial charge < -0.3 is 9.64 Å². The van der Waals surface area contributed by atoms with Crippen LogP contribution < -0.4 is 4.74 Å². The van der Waals surface area contributed by atoms with Crippen molar-refractivity contribution in [3.05, 3.63) is 59.9 Å². The van der Waals surface area contributed by atoms with Crippen molar-refractivity contribution in [1.82, 2.24) is 14.8 Å². The molecule has 2 aromatic rings. The summed E-state index contributed by atoms with van der Waals surface area (Å²) in [6, 6.07) is 10.9. The van der Waals surface area contributed by atoms with Crippen LogP contribution in [0.4, 0.5) is 0 Å². The second-order valence-corrected chi connectivity index (χ2v) is 6.39. The average Bonchev–Trinajstić information content (AvgIpc) is 2.68. The highest BCUT2D eigenvalue weighted by atomic mass is 16.5. The Morgan fingerprint density at radius 2 is 1.81 bits per heavy atom. The Labute approximate surface area is 153 Å². The standard InChI is InChI=1S/C20H23N3O3/c1-16(24)18-4-6-19(7-5-18)26-15-20(25)23-11-9-22(10-12-23)14-17-3-2-8-21-13-17/h2-8,13H,9-12,14-15H2,1H3. The molecule has 1 aliphatic rings. The lowest BCUT2D eigenvalue weighted by Crippen LogP contribution is -2.49. The molecule has 0 spiro atoms. The molecule has 1 fully saturated rings. The summed E-state index contributed by atoms with van der Waals surface area (Å²) in [5.74, 6) is 0.594. The zero-order chi connectivity index (χ0) is 18.4. The fourth-order valence-corrected chi connectivity index (χ4v) is 2.93. The van der Waals surface area contributed by atoms with E-state index >= 15 is 0 Å². The molecule has 1 amide bonds. The Morgan fingerprint density at radius 1 is 1.08 bits per heavy atom. The number of Topliss-reactive ketones (excluding diaryl/α,β-unsaturated/α-hetero) is 1. The molecule has 2 heterocycles. The van der Waals surface area contributed by atoms with Gasteiger partial charge in [0.2, 0.25) is 0 Å². The van der Waals surface area contributed by atoms with E-state index in [-0.39, 0.29) is 18.3 Å². The van der Waals surface area contributed by atoms with Crippen LogP contribution in [-0.4, -0.2) is 59.3 Å². The van der Waals surface area contributed by atoms with Gasteiger partial charge in [-0.2, -0.15) is 0 Å². The van der Waals surface area contributed by atoms with Gasteiger partial charge in [0, 0.05) is 50.7 Å². The maximum Gasteiger partial charge on any atom is 0.260 e. The first-order chi connectivity index (χ1) is 12.6. The van der Waals surface area contributed by atoms with Gasteiger partial charge in [-0.05, 0) is 42.8 Å². The van der Waals surface area contributed by atoms with E-state index in [1.165, 1.54) is 12.5 Å². The Bertz CT molecular complexity index is 739. The van der Waals surface area contributed by atoms with Gasteiger partial charge in [0.1, 0.15) is 5.75 Å². The van der Waals surface area contributed by atoms with Crippen LogP contribution in [0.3, 0.4) is 0 Å². The van der Waals surface area contributed by atoms with Gasteiger partial charge in [-0.3, -0.25) is 19.5 Å². The van der Waals surface area contributed by atoms with Crippen molar-refractivity contribution in [2.45, 2.75) is 13.5 Å². The Morgan fingerprint density at radius 3 is 2.42 bits per heavy atom. The third-order valence-corrected chi connectivity index (χ3v) is 4.48. The smallest absolute Gasteiger partial charge is 0.260 e. The molecule has 1 saturated heterocycles. The number of carbonyl (C=O) groups is 2. The second kappa shape index (κ2) is 8.58. The minimum absolute atomic E-state index is 0.0109. The Hall–Kier alpha value is -2.73. The molecule has 1 aromatic heterocycles. The number of hydrogen-bond acceptors (Lipinski definition) is 5. The monoisotopic (exact) mass is 353 g/mol. The van der Waals surface area contributed by atoms with Crippen LogP contribution in [0, 0.1) is 0 Å². The van der Waals surface area contributed by atoms with Crippen molar-refractivity contribution in [2.24, 2.45) is 0 Å². The minimum Gasteiger partial charge on any atom is -0.484 e. The number of aromatic nitrogens is 1. The summed E-state index contributed by atoms with van der Waals surface area (Å²) in [5, 5.41) is 0. The third kappa shape index (κ3) is 4.89. The fraction of sp³-hybridized carbons (Fsp3) is 0.350. The first-order valence-electron chi connectivity index (χ1n) is 8.74. The maximum absolute atomic E-state index is 12.3. The van der Waals surface area contributed by atoms with E-state index < -0.39 is 0 Å². The average molecular weight is 353 g/mol. The van der Waals surface area contributed by atoms with Crippen molar-refractivity contribution >= 4 is 11.7 Å². The summed E-state index contributed by atoms with van der Waals surface area (Å²) in [5.41, 5.74) is 1.82. The van der Waals surface area contributed by atoms with Crippen LogP contribution in [0.2, 0.25) is 0 Å². The van der Waals surface area contributed by atoms with Crippen molar-refractivity contribution in [3.63, 3.8) is 0 Å². The number of nitrogens with zero attached hydrogens (tertiary/aromatic N) is 3. The summed E-state index contributed by atoms with van der Waals surface area (Å²) >= 11 is 0. The van der Waals surface area contributed by atoms with E-state index in [0.29, 0.717) is 24.4 Å². The molecule has 26 heavy (non-hydrogen) atoms. The Kier molecular flexibility index (Phi) is 5.96. The summed E-state index contributed by atoms with van der Waals surface area (Å²) < 4.78 is 5.55. The fourth-order valence-electron chi connectivity index (χ4n) is 2.93. The first-order valence-corrected chi connectivity index (χ1v) is 8.74. The predicted octanol–water partition coefficient (Wildman–Crippen LogP) is 2.01. The van der Waals surface area contributed by atoms with Gasteiger partial charge in [-0.1, -0.05) is 6.07 Å². The molecule has 6 nitrogen and oxygen atoms in total. The normalized spacial score (nSPS) is 14.9. The molecule has 1 aromatic carbocycles. The van der Waals surface area contributed by atoms with Gasteiger partial charge in [-0.15, -0.1) is 0 Å². The quantitative estimate of drug-likeness (QED) is 0.744. The molecule has 0 saturated carbocycles. The molecular formula is C20H23N3O3. The summed E-state index contributed by atoms with van der Waals surface area (Å²) in [4.78, 5) is 31.9. The number of rotatable bonds is 6. The number of hydrogen-bond donors (Lipinski definition) is 0. The SMILES string of the molecule is CC(=O)c1ccc(OCC(=O)N2CCN(Cc3cccnc3)CC2)cc1. The number of ether oxygens (including phenoxy) is 1.